The van der Waals surface area contributed by atoms with Gasteiger partial charge in [-0.2, -0.15) is 0 Å². The van der Waals surface area contributed by atoms with Crippen LogP contribution in [0.25, 0.3) is 0 Å². The normalized spacial score (nSPS) is 11.7. The lowest BCUT2D eigenvalue weighted by Gasteiger charge is -2.13. The molecule has 1 aromatic carbocycles. The maximum atomic E-state index is 11.6. The van der Waals surface area contributed by atoms with E-state index in [2.05, 4.69) is 10.6 Å². The van der Waals surface area contributed by atoms with E-state index in [-0.39, 0.29) is 12.6 Å². The summed E-state index contributed by atoms with van der Waals surface area (Å²) in [5, 5.41) is 13.9. The van der Waals surface area contributed by atoms with Crippen molar-refractivity contribution in [3.63, 3.8) is 0 Å². The number of aryl methyl sites for hydroxylation is 1. The zero-order chi connectivity index (χ0) is 13.5. The number of rotatable bonds is 4. The summed E-state index contributed by atoms with van der Waals surface area (Å²) in [5.74, 6) is -1.47. The number of carbonyl (C=O) groups excluding carboxylic acids is 2. The molecule has 1 rings (SSSR count). The lowest BCUT2D eigenvalue weighted by molar-refractivity contribution is -0.136. The molecule has 0 saturated carbocycles. The first-order valence-electron chi connectivity index (χ1n) is 5.86. The first-order chi connectivity index (χ1) is 8.56. The van der Waals surface area contributed by atoms with Crippen LogP contribution >= 0.6 is 0 Å². The highest BCUT2D eigenvalue weighted by Gasteiger charge is 2.17. The molecule has 2 amide bonds. The summed E-state index contributed by atoms with van der Waals surface area (Å²) in [7, 11) is 0. The smallest absolute Gasteiger partial charge is 0.313 e. The lowest BCUT2D eigenvalue weighted by Crippen LogP contribution is -2.43. The van der Waals surface area contributed by atoms with E-state index < -0.39 is 11.8 Å². The summed E-state index contributed by atoms with van der Waals surface area (Å²) in [6.07, 6.45) is 0.569. The van der Waals surface area contributed by atoms with Crippen molar-refractivity contribution in [1.82, 2.24) is 5.32 Å². The van der Waals surface area contributed by atoms with Gasteiger partial charge in [-0.15, -0.1) is 0 Å². The van der Waals surface area contributed by atoms with Crippen LogP contribution in [0.4, 0.5) is 5.69 Å². The quantitative estimate of drug-likeness (QED) is 0.692. The predicted molar refractivity (Wildman–Crippen MR) is 69.1 cm³/mol. The lowest BCUT2D eigenvalue weighted by atomic mass is 10.2. The molecule has 0 fully saturated rings. The van der Waals surface area contributed by atoms with Crippen molar-refractivity contribution in [2.24, 2.45) is 0 Å². The van der Waals surface area contributed by atoms with Crippen LogP contribution in [-0.4, -0.2) is 29.6 Å². The number of amides is 2. The summed E-state index contributed by atoms with van der Waals surface area (Å²) in [5.41, 5.74) is 1.57. The Morgan fingerprint density at radius 1 is 1.33 bits per heavy atom. The second-order valence-corrected chi connectivity index (χ2v) is 4.08. The van der Waals surface area contributed by atoms with Gasteiger partial charge in [-0.05, 0) is 31.0 Å². The highest BCUT2D eigenvalue weighted by molar-refractivity contribution is 6.39. The molecule has 1 atom stereocenters. The molecule has 0 radical (unpaired) electrons. The first kappa shape index (κ1) is 14.2. The number of hydrogen-bond donors (Lipinski definition) is 3. The number of benzene rings is 1. The van der Waals surface area contributed by atoms with Crippen LogP contribution in [0.2, 0.25) is 0 Å². The molecule has 3 N–H and O–H groups in total. The Morgan fingerprint density at radius 2 is 2.06 bits per heavy atom. The van der Waals surface area contributed by atoms with Gasteiger partial charge in [-0.3, -0.25) is 9.59 Å². The van der Waals surface area contributed by atoms with Gasteiger partial charge >= 0.3 is 11.8 Å². The molecule has 0 bridgehead atoms. The number of aliphatic hydroxyl groups is 1. The largest absolute Gasteiger partial charge is 0.394 e. The Bertz CT molecular complexity index is 428. The van der Waals surface area contributed by atoms with E-state index in [0.29, 0.717) is 12.1 Å². The molecule has 5 nitrogen and oxygen atoms in total. The standard InChI is InChI=1S/C13H18N2O3/c1-3-10(8-16)14-12(17)13(18)15-11-6-4-5-9(2)7-11/h4-7,10,16H,3,8H2,1-2H3,(H,14,17)(H,15,18). The van der Waals surface area contributed by atoms with E-state index in [0.717, 1.165) is 5.56 Å². The fourth-order valence-corrected chi connectivity index (χ4v) is 1.44. The third-order valence-corrected chi connectivity index (χ3v) is 2.53. The molecular weight excluding hydrogens is 232 g/mol. The van der Waals surface area contributed by atoms with Gasteiger partial charge < -0.3 is 15.7 Å². The molecule has 0 spiro atoms. The zero-order valence-electron chi connectivity index (χ0n) is 10.6. The van der Waals surface area contributed by atoms with Crippen LogP contribution in [0.1, 0.15) is 18.9 Å². The van der Waals surface area contributed by atoms with Gasteiger partial charge in [0, 0.05) is 5.69 Å². The van der Waals surface area contributed by atoms with E-state index in [1.54, 1.807) is 18.2 Å². The summed E-state index contributed by atoms with van der Waals surface area (Å²) in [4.78, 5) is 23.1. The van der Waals surface area contributed by atoms with Crippen molar-refractivity contribution in [3.8, 4) is 0 Å². The van der Waals surface area contributed by atoms with Crippen molar-refractivity contribution in [3.05, 3.63) is 29.8 Å². The monoisotopic (exact) mass is 250 g/mol. The van der Waals surface area contributed by atoms with E-state index in [9.17, 15) is 9.59 Å². The van der Waals surface area contributed by atoms with Crippen molar-refractivity contribution in [2.75, 3.05) is 11.9 Å². The SMILES string of the molecule is CCC(CO)NC(=O)C(=O)Nc1cccc(C)c1. The van der Waals surface area contributed by atoms with Crippen molar-refractivity contribution < 1.29 is 14.7 Å². The van der Waals surface area contributed by atoms with Crippen LogP contribution in [0.15, 0.2) is 24.3 Å². The number of anilines is 1. The minimum atomic E-state index is -0.739. The summed E-state index contributed by atoms with van der Waals surface area (Å²) in [6, 6.07) is 6.79. The van der Waals surface area contributed by atoms with Gasteiger partial charge in [-0.25, -0.2) is 0 Å². The molecule has 0 heterocycles. The highest BCUT2D eigenvalue weighted by atomic mass is 16.3. The van der Waals surface area contributed by atoms with Gasteiger partial charge in [0.25, 0.3) is 0 Å². The van der Waals surface area contributed by atoms with Crippen LogP contribution in [0.3, 0.4) is 0 Å². The Kier molecular flexibility index (Phi) is 5.32. The van der Waals surface area contributed by atoms with Gasteiger partial charge in [0.05, 0.1) is 12.6 Å². The second kappa shape index (κ2) is 6.76. The van der Waals surface area contributed by atoms with Crippen LogP contribution in [0, 0.1) is 6.92 Å². The molecule has 1 aromatic rings. The Labute approximate surface area is 106 Å². The Hall–Kier alpha value is -1.88. The number of aliphatic hydroxyl groups excluding tert-OH is 1. The number of hydrogen-bond acceptors (Lipinski definition) is 3. The summed E-state index contributed by atoms with van der Waals surface area (Å²) >= 11 is 0. The predicted octanol–water partition coefficient (Wildman–Crippen LogP) is 0.821. The molecule has 5 heteroatoms. The minimum Gasteiger partial charge on any atom is -0.394 e. The van der Waals surface area contributed by atoms with E-state index in [1.165, 1.54) is 0 Å². The number of carbonyl (C=O) groups is 2. The fraction of sp³-hybridized carbons (Fsp3) is 0.385. The molecule has 0 aliphatic rings. The molecule has 1 unspecified atom stereocenters. The van der Waals surface area contributed by atoms with Crippen molar-refractivity contribution >= 4 is 17.5 Å². The summed E-state index contributed by atoms with van der Waals surface area (Å²) in [6.45, 7) is 3.54. The minimum absolute atomic E-state index is 0.181. The first-order valence-corrected chi connectivity index (χ1v) is 5.86. The average Bonchev–Trinajstić information content (AvgIpc) is 2.35. The Morgan fingerprint density at radius 3 is 2.61 bits per heavy atom. The molecule has 18 heavy (non-hydrogen) atoms. The van der Waals surface area contributed by atoms with Crippen LogP contribution in [-0.2, 0) is 9.59 Å². The van der Waals surface area contributed by atoms with Gasteiger partial charge in [0.15, 0.2) is 0 Å². The highest BCUT2D eigenvalue weighted by Crippen LogP contribution is 2.09. The van der Waals surface area contributed by atoms with Gasteiger partial charge in [0.2, 0.25) is 0 Å². The third-order valence-electron chi connectivity index (χ3n) is 2.53. The molecule has 0 aromatic heterocycles. The van der Waals surface area contributed by atoms with E-state index in [1.807, 2.05) is 19.9 Å². The van der Waals surface area contributed by atoms with Crippen molar-refractivity contribution in [2.45, 2.75) is 26.3 Å². The summed E-state index contributed by atoms with van der Waals surface area (Å²) < 4.78 is 0. The topological polar surface area (TPSA) is 78.4 Å². The fourth-order valence-electron chi connectivity index (χ4n) is 1.44. The van der Waals surface area contributed by atoms with Crippen LogP contribution in [0.5, 0.6) is 0 Å². The van der Waals surface area contributed by atoms with E-state index in [4.69, 9.17) is 5.11 Å². The molecule has 0 saturated heterocycles. The maximum absolute atomic E-state index is 11.6. The van der Waals surface area contributed by atoms with Crippen LogP contribution < -0.4 is 10.6 Å². The van der Waals surface area contributed by atoms with Crippen molar-refractivity contribution in [1.29, 1.82) is 0 Å². The molecule has 0 aliphatic carbocycles. The Balaban J connectivity index is 2.57. The molecular formula is C13H18N2O3. The number of nitrogens with one attached hydrogen (secondary N) is 2. The molecule has 0 aliphatic heterocycles. The third kappa shape index (κ3) is 4.18. The molecule has 98 valence electrons. The van der Waals surface area contributed by atoms with Gasteiger partial charge in [0.1, 0.15) is 0 Å². The zero-order valence-corrected chi connectivity index (χ0v) is 10.6. The average molecular weight is 250 g/mol. The van der Waals surface area contributed by atoms with E-state index >= 15 is 0 Å². The van der Waals surface area contributed by atoms with Gasteiger partial charge in [-0.1, -0.05) is 19.1 Å². The maximum Gasteiger partial charge on any atom is 0.313 e. The second-order valence-electron chi connectivity index (χ2n) is 4.08.